The monoisotopic (exact) mass is 535 g/mol. The molecule has 2 aromatic carbocycles. The average Bonchev–Trinajstić information content (AvgIpc) is 3.61. The van der Waals surface area contributed by atoms with Gasteiger partial charge in [0.1, 0.15) is 5.69 Å². The molecule has 1 atom stereocenters. The van der Waals surface area contributed by atoms with Gasteiger partial charge in [0, 0.05) is 12.6 Å². The van der Waals surface area contributed by atoms with Crippen LogP contribution in [0.5, 0.6) is 0 Å². The lowest BCUT2D eigenvalue weighted by Gasteiger charge is -2.15. The Morgan fingerprint density at radius 1 is 1.13 bits per heavy atom. The first-order valence-electron chi connectivity index (χ1n) is 12.1. The highest BCUT2D eigenvalue weighted by Gasteiger charge is 2.32. The minimum Gasteiger partial charge on any atom is -0.333 e. The zero-order valence-corrected chi connectivity index (χ0v) is 21.1. The molecule has 5 rings (SSSR count). The second-order valence-corrected chi connectivity index (χ2v) is 9.39. The van der Waals surface area contributed by atoms with Crippen molar-refractivity contribution in [1.82, 2.24) is 29.1 Å². The molecule has 1 aliphatic heterocycles. The molecule has 0 saturated carbocycles. The summed E-state index contributed by atoms with van der Waals surface area (Å²) in [5.74, 6) is 0. The Bertz CT molecular complexity index is 1640. The van der Waals surface area contributed by atoms with Crippen molar-refractivity contribution in [3.05, 3.63) is 94.0 Å². The van der Waals surface area contributed by atoms with E-state index in [1.54, 1.807) is 37.3 Å². The van der Waals surface area contributed by atoms with Gasteiger partial charge in [-0.25, -0.2) is 23.7 Å². The highest BCUT2D eigenvalue weighted by atomic mass is 19.4. The van der Waals surface area contributed by atoms with Gasteiger partial charge in [0.15, 0.2) is 5.69 Å². The largest absolute Gasteiger partial charge is 0.416 e. The molecule has 0 aliphatic carbocycles. The Morgan fingerprint density at radius 2 is 1.87 bits per heavy atom. The lowest BCUT2D eigenvalue weighted by molar-refractivity contribution is -0.137. The second-order valence-electron chi connectivity index (χ2n) is 9.39. The number of halogens is 3. The van der Waals surface area contributed by atoms with Gasteiger partial charge < -0.3 is 10.2 Å². The molecule has 1 fully saturated rings. The molecule has 3 heterocycles. The fourth-order valence-electron chi connectivity index (χ4n) is 4.87. The second kappa shape index (κ2) is 9.92. The van der Waals surface area contributed by atoms with Crippen molar-refractivity contribution >= 4 is 11.7 Å². The Labute approximate surface area is 221 Å². The number of likely N-dealkylation sites (N-methyl/N-ethyl adjacent to an activating group) is 1. The van der Waals surface area contributed by atoms with Crippen LogP contribution < -0.4 is 11.0 Å². The van der Waals surface area contributed by atoms with Crippen molar-refractivity contribution in [2.24, 2.45) is 0 Å². The predicted molar refractivity (Wildman–Crippen MR) is 138 cm³/mol. The standard InChI is InChI=1S/C27H24F3N7O2/c1-17-24(23-11-13-32-37(23)21-9-7-19(31-2)8-10-21)36(25(38)33-20-12-14-34(3)16-20)26(39)35(17)22-6-4-5-18(15-22)27(28,29)30/h4-11,13,15,20H,12,14,16H2,1,3H3,(H,33,38)/t20-/m0/s1. The molecular formula is C27H24F3N7O2. The van der Waals surface area contributed by atoms with E-state index in [1.807, 2.05) is 7.05 Å². The van der Waals surface area contributed by atoms with E-state index in [1.165, 1.54) is 23.0 Å². The number of imidazole rings is 1. The van der Waals surface area contributed by atoms with Gasteiger partial charge in [0.25, 0.3) is 0 Å². The van der Waals surface area contributed by atoms with Gasteiger partial charge in [-0.3, -0.25) is 4.57 Å². The van der Waals surface area contributed by atoms with Crippen molar-refractivity contribution in [1.29, 1.82) is 0 Å². The molecule has 9 nitrogen and oxygen atoms in total. The van der Waals surface area contributed by atoms with Crippen LogP contribution in [0.25, 0.3) is 27.6 Å². The summed E-state index contributed by atoms with van der Waals surface area (Å²) in [4.78, 5) is 32.8. The number of carbonyl (C=O) groups is 1. The number of benzene rings is 2. The number of hydrogen-bond acceptors (Lipinski definition) is 4. The SMILES string of the molecule is [C-]#[N+]c1ccc(-n2nccc2-c2c(C)n(-c3cccc(C(F)(F)F)c3)c(=O)n2C(=O)N[C@H]2CCN(C)C2)cc1. The minimum atomic E-state index is -4.61. The van der Waals surface area contributed by atoms with Crippen LogP contribution in [0.2, 0.25) is 0 Å². The first-order valence-corrected chi connectivity index (χ1v) is 12.1. The average molecular weight is 536 g/mol. The van der Waals surface area contributed by atoms with Gasteiger partial charge in [-0.15, -0.1) is 0 Å². The van der Waals surface area contributed by atoms with Gasteiger partial charge in [0.05, 0.1) is 41.1 Å². The van der Waals surface area contributed by atoms with Crippen LogP contribution in [0.1, 0.15) is 17.7 Å². The number of hydrogen-bond donors (Lipinski definition) is 1. The third-order valence-electron chi connectivity index (χ3n) is 6.75. The summed E-state index contributed by atoms with van der Waals surface area (Å²) >= 11 is 0. The first kappa shape index (κ1) is 26.0. The van der Waals surface area contributed by atoms with Crippen molar-refractivity contribution < 1.29 is 18.0 Å². The molecular weight excluding hydrogens is 511 g/mol. The lowest BCUT2D eigenvalue weighted by atomic mass is 10.2. The first-order chi connectivity index (χ1) is 18.6. The fourth-order valence-corrected chi connectivity index (χ4v) is 4.87. The summed E-state index contributed by atoms with van der Waals surface area (Å²) in [6.07, 6.45) is -2.41. The number of likely N-dealkylation sites (tertiary alicyclic amines) is 1. The molecule has 200 valence electrons. The van der Waals surface area contributed by atoms with Gasteiger partial charge in [0.2, 0.25) is 0 Å². The number of alkyl halides is 3. The summed E-state index contributed by atoms with van der Waals surface area (Å²) in [6.45, 7) is 10.1. The maximum atomic E-state index is 13.8. The van der Waals surface area contributed by atoms with Gasteiger partial charge in [-0.1, -0.05) is 18.2 Å². The van der Waals surface area contributed by atoms with Crippen LogP contribution in [0.15, 0.2) is 65.6 Å². The molecule has 1 aliphatic rings. The van der Waals surface area contributed by atoms with Gasteiger partial charge in [-0.2, -0.15) is 18.3 Å². The Morgan fingerprint density at radius 3 is 2.51 bits per heavy atom. The Kier molecular flexibility index (Phi) is 6.61. The molecule has 4 aromatic rings. The van der Waals surface area contributed by atoms with E-state index in [2.05, 4.69) is 20.2 Å². The number of nitrogens with zero attached hydrogens (tertiary/aromatic N) is 6. The van der Waals surface area contributed by atoms with Crippen LogP contribution in [0, 0.1) is 13.5 Å². The van der Waals surface area contributed by atoms with E-state index < -0.39 is 23.5 Å². The fraction of sp³-hybridized carbons (Fsp3) is 0.259. The van der Waals surface area contributed by atoms with Gasteiger partial charge >= 0.3 is 17.9 Å². The summed E-state index contributed by atoms with van der Waals surface area (Å²) in [5, 5.41) is 7.26. The van der Waals surface area contributed by atoms with E-state index in [-0.39, 0.29) is 23.1 Å². The molecule has 2 aromatic heterocycles. The molecule has 0 unspecified atom stereocenters. The smallest absolute Gasteiger partial charge is 0.333 e. The minimum absolute atomic E-state index is 0.0202. The topological polar surface area (TPSA) is 81.5 Å². The van der Waals surface area contributed by atoms with E-state index in [4.69, 9.17) is 6.57 Å². The van der Waals surface area contributed by atoms with Crippen LogP contribution in [-0.2, 0) is 6.18 Å². The van der Waals surface area contributed by atoms with Crippen LogP contribution in [0.4, 0.5) is 23.7 Å². The molecule has 1 saturated heterocycles. The van der Waals surface area contributed by atoms with Crippen molar-refractivity contribution in [3.8, 4) is 22.8 Å². The quantitative estimate of drug-likeness (QED) is 0.387. The van der Waals surface area contributed by atoms with E-state index in [0.717, 1.165) is 27.8 Å². The maximum absolute atomic E-state index is 13.8. The van der Waals surface area contributed by atoms with E-state index in [9.17, 15) is 22.8 Å². The number of nitrogens with one attached hydrogen (secondary N) is 1. The van der Waals surface area contributed by atoms with Crippen LogP contribution >= 0.6 is 0 Å². The summed E-state index contributed by atoms with van der Waals surface area (Å²) in [6, 6.07) is 11.8. The highest BCUT2D eigenvalue weighted by molar-refractivity contribution is 5.83. The number of rotatable bonds is 4. The Balaban J connectivity index is 1.70. The number of carbonyl (C=O) groups excluding carboxylic acids is 1. The predicted octanol–water partition coefficient (Wildman–Crippen LogP) is 4.63. The van der Waals surface area contributed by atoms with E-state index in [0.29, 0.717) is 30.0 Å². The molecule has 0 spiro atoms. The molecule has 12 heteroatoms. The van der Waals surface area contributed by atoms with Crippen LogP contribution in [-0.4, -0.2) is 56.0 Å². The van der Waals surface area contributed by atoms with Gasteiger partial charge in [-0.05, 0) is 63.3 Å². The maximum Gasteiger partial charge on any atom is 0.416 e. The van der Waals surface area contributed by atoms with E-state index >= 15 is 0 Å². The molecule has 0 bridgehead atoms. The zero-order chi connectivity index (χ0) is 27.9. The van der Waals surface area contributed by atoms with Crippen molar-refractivity contribution in [2.75, 3.05) is 20.1 Å². The number of aromatic nitrogens is 4. The zero-order valence-electron chi connectivity index (χ0n) is 21.1. The molecule has 1 amide bonds. The summed E-state index contributed by atoms with van der Waals surface area (Å²) < 4.78 is 44.0. The third kappa shape index (κ3) is 4.84. The van der Waals surface area contributed by atoms with Crippen molar-refractivity contribution in [3.63, 3.8) is 0 Å². The van der Waals surface area contributed by atoms with Crippen molar-refractivity contribution in [2.45, 2.75) is 25.6 Å². The number of amides is 1. The molecule has 39 heavy (non-hydrogen) atoms. The summed E-state index contributed by atoms with van der Waals surface area (Å²) in [5.41, 5.74) is 0.0942. The molecule has 1 N–H and O–H groups in total. The normalized spacial score (nSPS) is 15.8. The summed E-state index contributed by atoms with van der Waals surface area (Å²) in [7, 11) is 1.93. The highest BCUT2D eigenvalue weighted by Crippen LogP contribution is 2.32. The van der Waals surface area contributed by atoms with Crippen LogP contribution in [0.3, 0.4) is 0 Å². The third-order valence-corrected chi connectivity index (χ3v) is 6.75. The lowest BCUT2D eigenvalue weighted by Crippen LogP contribution is -2.43. The Hall–Kier alpha value is -4.63. The molecule has 0 radical (unpaired) electrons.